The minimum Gasteiger partial charge on any atom is -0.355 e. The Labute approximate surface area is 212 Å². The minimum atomic E-state index is -0.142. The average Bonchev–Trinajstić information content (AvgIpc) is 3.41. The number of para-hydroxylation sites is 1. The van der Waals surface area contributed by atoms with Crippen LogP contribution in [0.1, 0.15) is 31.4 Å². The molecule has 5 nitrogen and oxygen atoms in total. The van der Waals surface area contributed by atoms with E-state index in [9.17, 15) is 4.79 Å². The third-order valence-corrected chi connectivity index (χ3v) is 7.31. The van der Waals surface area contributed by atoms with Crippen LogP contribution in [0.25, 0.3) is 21.8 Å². The van der Waals surface area contributed by atoms with Gasteiger partial charge in [-0.3, -0.25) is 9.69 Å². The lowest BCUT2D eigenvalue weighted by Crippen LogP contribution is -2.42. The fourth-order valence-corrected chi connectivity index (χ4v) is 5.69. The summed E-state index contributed by atoms with van der Waals surface area (Å²) in [4.78, 5) is 15.1. The molecule has 1 fully saturated rings. The molecule has 0 spiro atoms. The lowest BCUT2D eigenvalue weighted by molar-refractivity contribution is -0.125. The molecule has 0 bridgehead atoms. The van der Waals surface area contributed by atoms with Gasteiger partial charge in [0, 0.05) is 65.6 Å². The SMILES string of the molecule is CCNC(=O)[C@@H]1C[C@H](NCc2ccc3c(c2)c2ccccc2n3CC)CN1Cc1cccc(Cl)c1. The summed E-state index contributed by atoms with van der Waals surface area (Å²) in [5, 5.41) is 10.1. The number of benzene rings is 3. The molecule has 3 aromatic carbocycles. The van der Waals surface area contributed by atoms with Crippen LogP contribution in [0.3, 0.4) is 0 Å². The van der Waals surface area contributed by atoms with E-state index < -0.39 is 0 Å². The maximum Gasteiger partial charge on any atom is 0.237 e. The molecule has 2 N–H and O–H groups in total. The highest BCUT2D eigenvalue weighted by molar-refractivity contribution is 6.30. The van der Waals surface area contributed by atoms with Gasteiger partial charge in [0.15, 0.2) is 0 Å². The van der Waals surface area contributed by atoms with Gasteiger partial charge in [-0.05, 0) is 61.7 Å². The van der Waals surface area contributed by atoms with Crippen LogP contribution in [0.2, 0.25) is 5.02 Å². The van der Waals surface area contributed by atoms with Crippen LogP contribution in [-0.4, -0.2) is 40.5 Å². The third kappa shape index (κ3) is 4.94. The van der Waals surface area contributed by atoms with E-state index >= 15 is 0 Å². The zero-order chi connectivity index (χ0) is 24.4. The highest BCUT2D eigenvalue weighted by Gasteiger charge is 2.36. The molecule has 1 aliphatic rings. The summed E-state index contributed by atoms with van der Waals surface area (Å²) in [6.07, 6.45) is 0.795. The first kappa shape index (κ1) is 23.9. The number of fused-ring (bicyclic) bond motifs is 3. The van der Waals surface area contributed by atoms with Crippen LogP contribution in [0, 0.1) is 0 Å². The zero-order valence-electron chi connectivity index (χ0n) is 20.4. The van der Waals surface area contributed by atoms with Gasteiger partial charge in [-0.2, -0.15) is 0 Å². The van der Waals surface area contributed by atoms with Crippen LogP contribution in [0.5, 0.6) is 0 Å². The number of hydrogen-bond donors (Lipinski definition) is 2. The number of halogens is 1. The topological polar surface area (TPSA) is 49.3 Å². The summed E-state index contributed by atoms with van der Waals surface area (Å²) in [7, 11) is 0. The van der Waals surface area contributed by atoms with Gasteiger partial charge in [-0.1, -0.05) is 48.0 Å². The number of aryl methyl sites for hydroxylation is 1. The van der Waals surface area contributed by atoms with Crippen LogP contribution in [-0.2, 0) is 24.4 Å². The third-order valence-electron chi connectivity index (χ3n) is 7.08. The first-order valence-electron chi connectivity index (χ1n) is 12.6. The van der Waals surface area contributed by atoms with E-state index in [1.54, 1.807) is 0 Å². The van der Waals surface area contributed by atoms with Crippen LogP contribution in [0.4, 0.5) is 0 Å². The molecular weight excluding hydrogens is 456 g/mol. The standard InChI is InChI=1S/C29H33ClN4O/c1-3-31-29(35)28-16-23(19-33(28)18-21-8-7-9-22(30)14-21)32-17-20-12-13-27-25(15-20)24-10-5-6-11-26(24)34(27)4-2/h5-15,23,28,32H,3-4,16-19H2,1-2H3,(H,31,35)/t23-,28-/m0/s1. The molecule has 1 saturated heterocycles. The summed E-state index contributed by atoms with van der Waals surface area (Å²) >= 11 is 6.20. The van der Waals surface area contributed by atoms with Gasteiger partial charge in [0.05, 0.1) is 6.04 Å². The van der Waals surface area contributed by atoms with E-state index in [0.29, 0.717) is 13.1 Å². The molecule has 6 heteroatoms. The largest absolute Gasteiger partial charge is 0.355 e. The molecule has 1 aliphatic heterocycles. The predicted octanol–water partition coefficient (Wildman–Crippen LogP) is 5.34. The Hall–Kier alpha value is -2.86. The number of rotatable bonds is 8. The Bertz CT molecular complexity index is 1350. The second kappa shape index (κ2) is 10.4. The maximum atomic E-state index is 12.8. The lowest BCUT2D eigenvalue weighted by atomic mass is 10.1. The van der Waals surface area contributed by atoms with E-state index in [1.165, 1.54) is 27.4 Å². The molecule has 0 radical (unpaired) electrons. The molecule has 2 heterocycles. The molecular formula is C29H33ClN4O. The summed E-state index contributed by atoms with van der Waals surface area (Å²) in [5.41, 5.74) is 4.96. The van der Waals surface area contributed by atoms with Crippen molar-refractivity contribution in [2.24, 2.45) is 0 Å². The van der Waals surface area contributed by atoms with Crippen molar-refractivity contribution in [2.45, 2.75) is 52.0 Å². The van der Waals surface area contributed by atoms with Crippen LogP contribution >= 0.6 is 11.6 Å². The van der Waals surface area contributed by atoms with Gasteiger partial charge in [0.1, 0.15) is 0 Å². The number of likely N-dealkylation sites (N-methyl/N-ethyl adjacent to an activating group) is 1. The first-order chi connectivity index (χ1) is 17.1. The quantitative estimate of drug-likeness (QED) is 0.352. The second-order valence-electron chi connectivity index (χ2n) is 9.40. The van der Waals surface area contributed by atoms with Crippen molar-refractivity contribution < 1.29 is 4.79 Å². The molecule has 0 unspecified atom stereocenters. The molecule has 0 saturated carbocycles. The number of carbonyl (C=O) groups excluding carboxylic acids is 1. The van der Waals surface area contributed by atoms with Crippen molar-refractivity contribution in [1.29, 1.82) is 0 Å². The molecule has 35 heavy (non-hydrogen) atoms. The maximum absolute atomic E-state index is 12.8. The number of aromatic nitrogens is 1. The van der Waals surface area contributed by atoms with E-state index in [1.807, 2.05) is 25.1 Å². The Balaban J connectivity index is 1.32. The molecule has 1 aromatic heterocycles. The van der Waals surface area contributed by atoms with Gasteiger partial charge in [0.25, 0.3) is 0 Å². The van der Waals surface area contributed by atoms with E-state index in [4.69, 9.17) is 11.6 Å². The van der Waals surface area contributed by atoms with Crippen molar-refractivity contribution in [1.82, 2.24) is 20.1 Å². The monoisotopic (exact) mass is 488 g/mol. The minimum absolute atomic E-state index is 0.104. The van der Waals surface area contributed by atoms with Crippen LogP contribution in [0.15, 0.2) is 66.7 Å². The van der Waals surface area contributed by atoms with Gasteiger partial charge < -0.3 is 15.2 Å². The highest BCUT2D eigenvalue weighted by Crippen LogP contribution is 2.30. The Morgan fingerprint density at radius 2 is 1.80 bits per heavy atom. The van der Waals surface area contributed by atoms with Gasteiger partial charge >= 0.3 is 0 Å². The molecule has 2 atom stereocenters. The summed E-state index contributed by atoms with van der Waals surface area (Å²) in [5.74, 6) is 0.104. The van der Waals surface area contributed by atoms with Crippen molar-refractivity contribution >= 4 is 39.3 Å². The molecule has 4 aromatic rings. The van der Waals surface area contributed by atoms with E-state index in [2.05, 4.69) is 75.6 Å². The number of amides is 1. The van der Waals surface area contributed by atoms with Crippen LogP contribution < -0.4 is 10.6 Å². The normalized spacial score (nSPS) is 18.5. The number of likely N-dealkylation sites (tertiary alicyclic amines) is 1. The molecule has 182 valence electrons. The van der Waals surface area contributed by atoms with E-state index in [0.717, 1.165) is 36.6 Å². The number of nitrogens with one attached hydrogen (secondary N) is 2. The Morgan fingerprint density at radius 3 is 2.60 bits per heavy atom. The Morgan fingerprint density at radius 1 is 0.971 bits per heavy atom. The molecule has 1 amide bonds. The van der Waals surface area contributed by atoms with Crippen molar-refractivity contribution in [3.63, 3.8) is 0 Å². The van der Waals surface area contributed by atoms with Gasteiger partial charge in [-0.25, -0.2) is 0 Å². The zero-order valence-corrected chi connectivity index (χ0v) is 21.2. The number of nitrogens with zero attached hydrogens (tertiary/aromatic N) is 2. The molecule has 0 aliphatic carbocycles. The second-order valence-corrected chi connectivity index (χ2v) is 9.83. The summed E-state index contributed by atoms with van der Waals surface area (Å²) in [6, 6.07) is 23.4. The smallest absolute Gasteiger partial charge is 0.237 e. The van der Waals surface area contributed by atoms with Gasteiger partial charge in [-0.15, -0.1) is 0 Å². The lowest BCUT2D eigenvalue weighted by Gasteiger charge is -2.23. The van der Waals surface area contributed by atoms with Crippen molar-refractivity contribution in [2.75, 3.05) is 13.1 Å². The summed E-state index contributed by atoms with van der Waals surface area (Å²) in [6.45, 7) is 8.07. The average molecular weight is 489 g/mol. The number of carbonyl (C=O) groups is 1. The first-order valence-corrected chi connectivity index (χ1v) is 12.9. The molecule has 5 rings (SSSR count). The predicted molar refractivity (Wildman–Crippen MR) is 145 cm³/mol. The number of hydrogen-bond acceptors (Lipinski definition) is 3. The Kier molecular flexibility index (Phi) is 7.09. The fraction of sp³-hybridized carbons (Fsp3) is 0.345. The highest BCUT2D eigenvalue weighted by atomic mass is 35.5. The van der Waals surface area contributed by atoms with Gasteiger partial charge in [0.2, 0.25) is 5.91 Å². The summed E-state index contributed by atoms with van der Waals surface area (Å²) < 4.78 is 2.38. The van der Waals surface area contributed by atoms with Crippen molar-refractivity contribution in [3.8, 4) is 0 Å². The van der Waals surface area contributed by atoms with Crippen molar-refractivity contribution in [3.05, 3.63) is 82.9 Å². The fourth-order valence-electron chi connectivity index (χ4n) is 5.47. The van der Waals surface area contributed by atoms with E-state index in [-0.39, 0.29) is 18.0 Å².